The van der Waals surface area contributed by atoms with Gasteiger partial charge in [0.05, 0.1) is 0 Å². The third-order valence-electron chi connectivity index (χ3n) is 4.70. The number of amides is 1. The summed E-state index contributed by atoms with van der Waals surface area (Å²) in [7, 11) is 0. The predicted molar refractivity (Wildman–Crippen MR) is 87.1 cm³/mol. The van der Waals surface area contributed by atoms with Gasteiger partial charge >= 0.3 is 0 Å². The monoisotopic (exact) mass is 302 g/mol. The summed E-state index contributed by atoms with van der Waals surface area (Å²) in [6.07, 6.45) is 5.85. The average Bonchev–Trinajstić information content (AvgIpc) is 3.00. The molecule has 0 radical (unpaired) electrons. The van der Waals surface area contributed by atoms with E-state index < -0.39 is 0 Å². The third-order valence-corrected chi connectivity index (χ3v) is 4.70. The van der Waals surface area contributed by atoms with E-state index in [1.165, 1.54) is 31.5 Å². The second kappa shape index (κ2) is 6.73. The van der Waals surface area contributed by atoms with Crippen molar-refractivity contribution in [1.29, 1.82) is 0 Å². The average molecular weight is 302 g/mol. The standard InChI is InChI=1S/C17H26N4O/c1-3-6-15-18-13(2)14-7-8-16(22)21(17(14)19-15)12-11-20-9-4-5-10-20/h3-12H2,1-2H3. The number of carbonyl (C=O) groups is 1. The summed E-state index contributed by atoms with van der Waals surface area (Å²) >= 11 is 0. The first-order valence-corrected chi connectivity index (χ1v) is 8.58. The highest BCUT2D eigenvalue weighted by molar-refractivity contribution is 5.95. The van der Waals surface area contributed by atoms with Gasteiger partial charge in [0, 0.05) is 37.2 Å². The van der Waals surface area contributed by atoms with Crippen LogP contribution in [0.15, 0.2) is 0 Å². The fourth-order valence-corrected chi connectivity index (χ4v) is 3.45. The molecule has 0 unspecified atom stereocenters. The van der Waals surface area contributed by atoms with Gasteiger partial charge in [-0.25, -0.2) is 9.97 Å². The van der Waals surface area contributed by atoms with Gasteiger partial charge in [0.25, 0.3) is 0 Å². The number of anilines is 1. The van der Waals surface area contributed by atoms with Gasteiger partial charge in [-0.3, -0.25) is 9.69 Å². The largest absolute Gasteiger partial charge is 0.302 e. The van der Waals surface area contributed by atoms with Crippen LogP contribution in [-0.2, 0) is 17.6 Å². The molecule has 0 atom stereocenters. The summed E-state index contributed by atoms with van der Waals surface area (Å²) in [5.41, 5.74) is 2.22. The van der Waals surface area contributed by atoms with Crippen LogP contribution in [0.3, 0.4) is 0 Å². The normalized spacial score (nSPS) is 18.8. The van der Waals surface area contributed by atoms with Crippen LogP contribution < -0.4 is 4.90 Å². The Morgan fingerprint density at radius 2 is 1.86 bits per heavy atom. The van der Waals surface area contributed by atoms with Gasteiger partial charge in [-0.1, -0.05) is 6.92 Å². The molecular formula is C17H26N4O. The van der Waals surface area contributed by atoms with E-state index in [0.717, 1.165) is 49.7 Å². The Balaban J connectivity index is 1.82. The fraction of sp³-hybridized carbons (Fsp3) is 0.706. The lowest BCUT2D eigenvalue weighted by Gasteiger charge is -2.30. The van der Waals surface area contributed by atoms with Crippen molar-refractivity contribution in [1.82, 2.24) is 14.9 Å². The third kappa shape index (κ3) is 3.14. The first-order chi connectivity index (χ1) is 10.7. The molecule has 120 valence electrons. The van der Waals surface area contributed by atoms with Gasteiger partial charge in [-0.15, -0.1) is 0 Å². The lowest BCUT2D eigenvalue weighted by atomic mass is 10.0. The van der Waals surface area contributed by atoms with E-state index in [4.69, 9.17) is 4.98 Å². The maximum atomic E-state index is 12.4. The zero-order chi connectivity index (χ0) is 15.5. The molecule has 0 saturated carbocycles. The summed E-state index contributed by atoms with van der Waals surface area (Å²) in [5.74, 6) is 1.97. The Labute approximate surface area is 132 Å². The first kappa shape index (κ1) is 15.4. The molecular weight excluding hydrogens is 276 g/mol. The molecule has 0 spiro atoms. The Kier molecular flexibility index (Phi) is 4.71. The minimum absolute atomic E-state index is 0.215. The van der Waals surface area contributed by atoms with Gasteiger partial charge < -0.3 is 4.90 Å². The van der Waals surface area contributed by atoms with Crippen LogP contribution in [0.2, 0.25) is 0 Å². The summed E-state index contributed by atoms with van der Waals surface area (Å²) in [6, 6.07) is 0. The maximum Gasteiger partial charge on any atom is 0.228 e. The molecule has 1 fully saturated rings. The van der Waals surface area contributed by atoms with Crippen LogP contribution >= 0.6 is 0 Å². The topological polar surface area (TPSA) is 49.3 Å². The minimum Gasteiger partial charge on any atom is -0.302 e. The molecule has 3 heterocycles. The molecule has 1 saturated heterocycles. The molecule has 5 nitrogen and oxygen atoms in total. The lowest BCUT2D eigenvalue weighted by Crippen LogP contribution is -2.41. The Hall–Kier alpha value is -1.49. The van der Waals surface area contributed by atoms with Crippen molar-refractivity contribution in [2.45, 2.75) is 52.4 Å². The second-order valence-corrected chi connectivity index (χ2v) is 6.37. The Morgan fingerprint density at radius 3 is 2.59 bits per heavy atom. The van der Waals surface area contributed by atoms with Gasteiger partial charge in [-0.2, -0.15) is 0 Å². The van der Waals surface area contributed by atoms with E-state index in [1.54, 1.807) is 0 Å². The number of aromatic nitrogens is 2. The molecule has 22 heavy (non-hydrogen) atoms. The molecule has 5 heteroatoms. The van der Waals surface area contributed by atoms with Gasteiger partial charge in [0.2, 0.25) is 5.91 Å². The quantitative estimate of drug-likeness (QED) is 0.836. The van der Waals surface area contributed by atoms with E-state index in [1.807, 2.05) is 11.8 Å². The van der Waals surface area contributed by atoms with Crippen molar-refractivity contribution in [3.05, 3.63) is 17.1 Å². The summed E-state index contributed by atoms with van der Waals surface area (Å²) in [5, 5.41) is 0. The number of carbonyl (C=O) groups excluding carboxylic acids is 1. The molecule has 0 N–H and O–H groups in total. The highest BCUT2D eigenvalue weighted by atomic mass is 16.2. The molecule has 1 aromatic rings. The van der Waals surface area contributed by atoms with Crippen molar-refractivity contribution in [3.8, 4) is 0 Å². The summed E-state index contributed by atoms with van der Waals surface area (Å²) < 4.78 is 0. The first-order valence-electron chi connectivity index (χ1n) is 8.58. The molecule has 3 rings (SSSR count). The Bertz CT molecular complexity index is 552. The molecule has 0 aliphatic carbocycles. The number of hydrogen-bond donors (Lipinski definition) is 0. The molecule has 0 aromatic carbocycles. The highest BCUT2D eigenvalue weighted by Crippen LogP contribution is 2.28. The number of rotatable bonds is 5. The SMILES string of the molecule is CCCc1nc(C)c2c(n1)N(CCN1CCCC1)C(=O)CC2. The highest BCUT2D eigenvalue weighted by Gasteiger charge is 2.28. The summed E-state index contributed by atoms with van der Waals surface area (Å²) in [6.45, 7) is 8.23. The van der Waals surface area contributed by atoms with Crippen molar-refractivity contribution < 1.29 is 4.79 Å². The van der Waals surface area contributed by atoms with Crippen molar-refractivity contribution in [2.75, 3.05) is 31.1 Å². The zero-order valence-electron chi connectivity index (χ0n) is 13.8. The molecule has 2 aliphatic heterocycles. The van der Waals surface area contributed by atoms with Crippen LogP contribution in [0, 0.1) is 6.92 Å². The zero-order valence-corrected chi connectivity index (χ0v) is 13.8. The number of likely N-dealkylation sites (tertiary alicyclic amines) is 1. The van der Waals surface area contributed by atoms with Crippen molar-refractivity contribution in [2.24, 2.45) is 0 Å². The van der Waals surface area contributed by atoms with E-state index in [-0.39, 0.29) is 5.91 Å². The van der Waals surface area contributed by atoms with Crippen LogP contribution in [-0.4, -0.2) is 47.0 Å². The van der Waals surface area contributed by atoms with Crippen LogP contribution in [0.25, 0.3) is 0 Å². The number of nitrogens with zero attached hydrogens (tertiary/aromatic N) is 4. The van der Waals surface area contributed by atoms with E-state index in [9.17, 15) is 4.79 Å². The maximum absolute atomic E-state index is 12.4. The number of hydrogen-bond acceptors (Lipinski definition) is 4. The smallest absolute Gasteiger partial charge is 0.228 e. The predicted octanol–water partition coefficient (Wildman–Crippen LogP) is 2.11. The second-order valence-electron chi connectivity index (χ2n) is 6.37. The van der Waals surface area contributed by atoms with Crippen molar-refractivity contribution >= 4 is 11.7 Å². The minimum atomic E-state index is 0.215. The van der Waals surface area contributed by atoms with E-state index in [0.29, 0.717) is 6.42 Å². The fourth-order valence-electron chi connectivity index (χ4n) is 3.45. The van der Waals surface area contributed by atoms with Crippen LogP contribution in [0.1, 0.15) is 49.7 Å². The van der Waals surface area contributed by atoms with Gasteiger partial charge in [0.1, 0.15) is 11.6 Å². The van der Waals surface area contributed by atoms with E-state index in [2.05, 4.69) is 16.8 Å². The van der Waals surface area contributed by atoms with E-state index >= 15 is 0 Å². The summed E-state index contributed by atoms with van der Waals surface area (Å²) in [4.78, 5) is 26.1. The molecule has 2 aliphatic rings. The molecule has 1 amide bonds. The Morgan fingerprint density at radius 1 is 1.09 bits per heavy atom. The lowest BCUT2D eigenvalue weighted by molar-refractivity contribution is -0.119. The van der Waals surface area contributed by atoms with Crippen molar-refractivity contribution in [3.63, 3.8) is 0 Å². The molecule has 1 aromatic heterocycles. The number of fused-ring (bicyclic) bond motifs is 1. The van der Waals surface area contributed by atoms with Gasteiger partial charge in [0.15, 0.2) is 0 Å². The molecule has 0 bridgehead atoms. The number of aryl methyl sites for hydroxylation is 2. The van der Waals surface area contributed by atoms with Gasteiger partial charge in [-0.05, 0) is 45.7 Å². The van der Waals surface area contributed by atoms with Crippen LogP contribution in [0.5, 0.6) is 0 Å². The van der Waals surface area contributed by atoms with Crippen LogP contribution in [0.4, 0.5) is 5.82 Å².